The van der Waals surface area contributed by atoms with Crippen molar-refractivity contribution in [2.75, 3.05) is 4.90 Å². The molecular formula is C24H26ClN3O2S. The first-order chi connectivity index (χ1) is 14.9. The number of nitrogens with one attached hydrogen (secondary N) is 1. The fourth-order valence-electron chi connectivity index (χ4n) is 5.00. The van der Waals surface area contributed by atoms with Crippen LogP contribution >= 0.6 is 22.9 Å². The van der Waals surface area contributed by atoms with Gasteiger partial charge in [0.2, 0.25) is 5.91 Å². The van der Waals surface area contributed by atoms with Gasteiger partial charge >= 0.3 is 0 Å². The minimum atomic E-state index is -1.06. The van der Waals surface area contributed by atoms with Crippen molar-refractivity contribution in [3.05, 3.63) is 52.0 Å². The summed E-state index contributed by atoms with van der Waals surface area (Å²) in [5.41, 5.74) is 2.16. The van der Waals surface area contributed by atoms with E-state index in [2.05, 4.69) is 5.32 Å². The average Bonchev–Trinajstić information content (AvgIpc) is 3.34. The number of amides is 2. The van der Waals surface area contributed by atoms with Crippen LogP contribution in [0, 0.1) is 6.92 Å². The molecule has 0 bridgehead atoms. The molecule has 2 aromatic heterocycles. The van der Waals surface area contributed by atoms with Gasteiger partial charge in [-0.15, -0.1) is 11.3 Å². The van der Waals surface area contributed by atoms with Crippen LogP contribution in [0.3, 0.4) is 0 Å². The van der Waals surface area contributed by atoms with Crippen LogP contribution in [0.2, 0.25) is 5.02 Å². The number of halogens is 1. The number of carbonyl (C=O) groups excluding carboxylic acids is 2. The fraction of sp³-hybridized carbons (Fsp3) is 0.417. The highest BCUT2D eigenvalue weighted by molar-refractivity contribution is 7.17. The van der Waals surface area contributed by atoms with Gasteiger partial charge < -0.3 is 9.88 Å². The molecule has 0 unspecified atom stereocenters. The fourth-order valence-corrected chi connectivity index (χ4v) is 5.99. The molecule has 1 N–H and O–H groups in total. The van der Waals surface area contributed by atoms with Crippen molar-refractivity contribution in [3.8, 4) is 0 Å². The number of benzene rings is 1. The number of anilines is 1. The summed E-state index contributed by atoms with van der Waals surface area (Å²) in [6, 6.07) is 9.64. The quantitative estimate of drug-likeness (QED) is 0.564. The Balaban J connectivity index is 1.63. The Hall–Kier alpha value is -2.31. The number of aromatic nitrogens is 1. The third-order valence-electron chi connectivity index (χ3n) is 6.75. The van der Waals surface area contributed by atoms with Gasteiger partial charge in [0, 0.05) is 16.8 Å². The van der Waals surface area contributed by atoms with Gasteiger partial charge in [0.1, 0.15) is 11.2 Å². The average molecular weight is 456 g/mol. The molecule has 0 spiro atoms. The van der Waals surface area contributed by atoms with Crippen molar-refractivity contribution >= 4 is 50.7 Å². The number of carbonyl (C=O) groups is 2. The van der Waals surface area contributed by atoms with Gasteiger partial charge in [-0.25, -0.2) is 0 Å². The first-order valence-corrected chi connectivity index (χ1v) is 12.1. The number of nitrogens with zero attached hydrogens (tertiary/aromatic N) is 2. The van der Waals surface area contributed by atoms with Gasteiger partial charge in [-0.3, -0.25) is 14.5 Å². The largest absolute Gasteiger partial charge is 0.351 e. The molecule has 1 fully saturated rings. The molecule has 1 atom stereocenters. The zero-order valence-electron chi connectivity index (χ0n) is 17.8. The standard InChI is InChI=1S/C24H26ClN3O2S/c1-15-8-9-16(25)12-19(15)28-22(29)20-13-21-18(10-11-31-21)27(20)14-24(28,2)23(30)26-17-6-4-3-5-7-17/h8-13,17H,3-7,14H2,1-2H3,(H,26,30)/t24-/m0/s1. The van der Waals surface area contributed by atoms with Gasteiger partial charge in [-0.1, -0.05) is 36.9 Å². The molecule has 5 rings (SSSR count). The van der Waals surface area contributed by atoms with E-state index in [-0.39, 0.29) is 17.9 Å². The molecule has 31 heavy (non-hydrogen) atoms. The molecule has 1 aliphatic heterocycles. The predicted molar refractivity (Wildman–Crippen MR) is 126 cm³/mol. The molecule has 1 aliphatic carbocycles. The molecule has 0 radical (unpaired) electrons. The summed E-state index contributed by atoms with van der Waals surface area (Å²) in [5, 5.41) is 5.84. The first kappa shape index (κ1) is 20.6. The Labute approximate surface area is 191 Å². The zero-order chi connectivity index (χ0) is 21.8. The van der Waals surface area contributed by atoms with Crippen LogP contribution in [0.15, 0.2) is 35.7 Å². The predicted octanol–water partition coefficient (Wildman–Crippen LogP) is 5.53. The molecule has 2 aliphatic rings. The van der Waals surface area contributed by atoms with E-state index in [9.17, 15) is 9.59 Å². The van der Waals surface area contributed by atoms with E-state index in [4.69, 9.17) is 11.6 Å². The number of rotatable bonds is 3. The maximum Gasteiger partial charge on any atom is 0.275 e. The highest BCUT2D eigenvalue weighted by atomic mass is 35.5. The van der Waals surface area contributed by atoms with E-state index in [1.807, 2.05) is 48.1 Å². The summed E-state index contributed by atoms with van der Waals surface area (Å²) in [5.74, 6) is -0.267. The van der Waals surface area contributed by atoms with Gasteiger partial charge in [-0.2, -0.15) is 0 Å². The van der Waals surface area contributed by atoms with E-state index < -0.39 is 5.54 Å². The lowest BCUT2D eigenvalue weighted by atomic mass is 9.90. The van der Waals surface area contributed by atoms with E-state index in [1.54, 1.807) is 22.3 Å². The van der Waals surface area contributed by atoms with Gasteiger partial charge in [0.15, 0.2) is 0 Å². The normalized spacial score (nSPS) is 22.0. The summed E-state index contributed by atoms with van der Waals surface area (Å²) in [7, 11) is 0. The third-order valence-corrected chi connectivity index (χ3v) is 7.83. The second-order valence-corrected chi connectivity index (χ2v) is 10.3. The second-order valence-electron chi connectivity index (χ2n) is 8.94. The molecule has 3 heterocycles. The molecule has 2 amide bonds. The van der Waals surface area contributed by atoms with Crippen LogP contribution in [-0.4, -0.2) is 28.0 Å². The summed E-state index contributed by atoms with van der Waals surface area (Å²) < 4.78 is 3.06. The minimum Gasteiger partial charge on any atom is -0.351 e. The van der Waals surface area contributed by atoms with Crippen LogP contribution in [0.4, 0.5) is 5.69 Å². The van der Waals surface area contributed by atoms with Crippen molar-refractivity contribution in [1.82, 2.24) is 9.88 Å². The lowest BCUT2D eigenvalue weighted by molar-refractivity contribution is -0.127. The minimum absolute atomic E-state index is 0.102. The molecule has 1 saturated carbocycles. The summed E-state index contributed by atoms with van der Waals surface area (Å²) in [6.07, 6.45) is 5.48. The van der Waals surface area contributed by atoms with E-state index in [1.165, 1.54) is 6.42 Å². The monoisotopic (exact) mass is 455 g/mol. The van der Waals surface area contributed by atoms with E-state index in [0.717, 1.165) is 41.5 Å². The SMILES string of the molecule is Cc1ccc(Cl)cc1N1C(=O)c2cc3sccc3n2C[C@@]1(C)C(=O)NC1CCCCC1. The van der Waals surface area contributed by atoms with E-state index >= 15 is 0 Å². The summed E-state index contributed by atoms with van der Waals surface area (Å²) >= 11 is 7.93. The highest BCUT2D eigenvalue weighted by Gasteiger charge is 2.49. The van der Waals surface area contributed by atoms with Gasteiger partial charge in [0.25, 0.3) is 5.91 Å². The van der Waals surface area contributed by atoms with Crippen LogP contribution in [0.25, 0.3) is 10.2 Å². The van der Waals surface area contributed by atoms with Crippen molar-refractivity contribution in [1.29, 1.82) is 0 Å². The van der Waals surface area contributed by atoms with Crippen molar-refractivity contribution in [3.63, 3.8) is 0 Å². The Morgan fingerprint density at radius 1 is 1.19 bits per heavy atom. The molecule has 3 aromatic rings. The number of aryl methyl sites for hydroxylation is 1. The molecule has 0 saturated heterocycles. The lowest BCUT2D eigenvalue weighted by Gasteiger charge is -2.45. The van der Waals surface area contributed by atoms with Gasteiger partial charge in [-0.05, 0) is 61.9 Å². The number of hydrogen-bond donors (Lipinski definition) is 1. The van der Waals surface area contributed by atoms with Crippen LogP contribution in [0.5, 0.6) is 0 Å². The van der Waals surface area contributed by atoms with Crippen molar-refractivity contribution in [2.24, 2.45) is 0 Å². The van der Waals surface area contributed by atoms with Gasteiger partial charge in [0.05, 0.1) is 16.8 Å². The number of thiophene rings is 1. The van der Waals surface area contributed by atoms with Crippen LogP contribution in [-0.2, 0) is 11.3 Å². The van der Waals surface area contributed by atoms with Crippen LogP contribution in [0.1, 0.15) is 55.1 Å². The molecule has 162 valence electrons. The number of hydrogen-bond acceptors (Lipinski definition) is 3. The molecule has 7 heteroatoms. The second kappa shape index (κ2) is 7.68. The zero-order valence-corrected chi connectivity index (χ0v) is 19.4. The molecule has 5 nitrogen and oxygen atoms in total. The Morgan fingerprint density at radius 3 is 2.74 bits per heavy atom. The van der Waals surface area contributed by atoms with Crippen molar-refractivity contribution < 1.29 is 9.59 Å². The Morgan fingerprint density at radius 2 is 1.97 bits per heavy atom. The summed E-state index contributed by atoms with van der Waals surface area (Å²) in [4.78, 5) is 29.3. The van der Waals surface area contributed by atoms with Crippen molar-refractivity contribution in [2.45, 2.75) is 64.1 Å². The topological polar surface area (TPSA) is 54.3 Å². The maximum atomic E-state index is 13.8. The smallest absolute Gasteiger partial charge is 0.275 e. The Bertz CT molecular complexity index is 1180. The molecule has 1 aromatic carbocycles. The van der Waals surface area contributed by atoms with Crippen LogP contribution < -0.4 is 10.2 Å². The van der Waals surface area contributed by atoms with E-state index in [0.29, 0.717) is 22.9 Å². The number of fused-ring (bicyclic) bond motifs is 3. The Kier molecular flexibility index (Phi) is 5.10. The molecular weight excluding hydrogens is 430 g/mol. The third kappa shape index (κ3) is 3.37. The first-order valence-electron chi connectivity index (χ1n) is 10.9. The summed E-state index contributed by atoms with van der Waals surface area (Å²) in [6.45, 7) is 4.23. The lowest BCUT2D eigenvalue weighted by Crippen LogP contribution is -2.65. The maximum absolute atomic E-state index is 13.8. The highest BCUT2D eigenvalue weighted by Crippen LogP contribution is 2.39.